The summed E-state index contributed by atoms with van der Waals surface area (Å²) in [7, 11) is 1.65. The average Bonchev–Trinajstić information content (AvgIpc) is 2.28. The highest BCUT2D eigenvalue weighted by Crippen LogP contribution is 1.96. The van der Waals surface area contributed by atoms with Crippen molar-refractivity contribution in [3.8, 4) is 0 Å². The number of carbonyl (C=O) groups excluding carboxylic acids is 1. The third kappa shape index (κ3) is 8.64. The Labute approximate surface area is 97.2 Å². The number of nitrogens with two attached hydrogens (primary N) is 1. The predicted octanol–water partition coefficient (Wildman–Crippen LogP) is 0.710. The van der Waals surface area contributed by atoms with Crippen LogP contribution >= 0.6 is 0 Å². The molecule has 0 spiro atoms. The lowest BCUT2D eigenvalue weighted by molar-refractivity contribution is -0.147. The minimum Gasteiger partial charge on any atom is -0.462 e. The zero-order valence-electron chi connectivity index (χ0n) is 10.2. The molecule has 0 aromatic heterocycles. The van der Waals surface area contributed by atoms with Crippen molar-refractivity contribution in [3.63, 3.8) is 0 Å². The van der Waals surface area contributed by atoms with Gasteiger partial charge in [0, 0.05) is 20.3 Å². The van der Waals surface area contributed by atoms with Gasteiger partial charge in [-0.3, -0.25) is 4.79 Å². The molecule has 0 aromatic carbocycles. The van der Waals surface area contributed by atoms with Crippen LogP contribution in [0.4, 0.5) is 0 Å². The fourth-order valence-corrected chi connectivity index (χ4v) is 1.14. The highest BCUT2D eigenvalue weighted by atomic mass is 16.6. The molecule has 0 rings (SSSR count). The first-order valence-electron chi connectivity index (χ1n) is 5.71. The molecule has 0 aliphatic heterocycles. The molecule has 96 valence electrons. The van der Waals surface area contributed by atoms with E-state index in [0.29, 0.717) is 26.2 Å². The second-order valence-corrected chi connectivity index (χ2v) is 3.52. The number of ether oxygens (including phenoxy) is 3. The molecule has 0 aromatic rings. The molecule has 0 saturated heterocycles. The van der Waals surface area contributed by atoms with Crippen molar-refractivity contribution in [2.24, 2.45) is 5.73 Å². The first kappa shape index (κ1) is 15.3. The molecule has 2 N–H and O–H groups in total. The Kier molecular flexibility index (Phi) is 10.4. The second-order valence-electron chi connectivity index (χ2n) is 3.52. The van der Waals surface area contributed by atoms with E-state index in [1.54, 1.807) is 7.11 Å². The fourth-order valence-electron chi connectivity index (χ4n) is 1.14. The zero-order chi connectivity index (χ0) is 12.2. The Hall–Kier alpha value is -0.650. The van der Waals surface area contributed by atoms with Crippen LogP contribution in [0.2, 0.25) is 0 Å². The Morgan fingerprint density at radius 1 is 1.25 bits per heavy atom. The van der Waals surface area contributed by atoms with Crippen LogP contribution in [-0.2, 0) is 19.0 Å². The van der Waals surface area contributed by atoms with Crippen molar-refractivity contribution in [1.29, 1.82) is 0 Å². The third-order valence-electron chi connectivity index (χ3n) is 2.01. The summed E-state index contributed by atoms with van der Waals surface area (Å²) in [6.07, 6.45) is 2.39. The van der Waals surface area contributed by atoms with E-state index in [2.05, 4.69) is 0 Å². The van der Waals surface area contributed by atoms with E-state index in [1.165, 1.54) is 0 Å². The lowest BCUT2D eigenvalue weighted by Gasteiger charge is -2.10. The molecule has 0 bridgehead atoms. The number of hydrogen-bond donors (Lipinski definition) is 1. The molecular formula is C11H23NO4. The Bertz CT molecular complexity index is 175. The van der Waals surface area contributed by atoms with Gasteiger partial charge < -0.3 is 19.9 Å². The quantitative estimate of drug-likeness (QED) is 0.444. The maximum atomic E-state index is 11.2. The normalized spacial score (nSPS) is 12.4. The number of hydrogen-bond acceptors (Lipinski definition) is 5. The van der Waals surface area contributed by atoms with E-state index >= 15 is 0 Å². The van der Waals surface area contributed by atoms with Gasteiger partial charge in [0.25, 0.3) is 0 Å². The molecule has 0 fully saturated rings. The van der Waals surface area contributed by atoms with E-state index in [1.807, 2.05) is 6.92 Å². The van der Waals surface area contributed by atoms with Gasteiger partial charge in [0.1, 0.15) is 12.6 Å². The highest BCUT2D eigenvalue weighted by Gasteiger charge is 2.12. The average molecular weight is 233 g/mol. The summed E-state index contributed by atoms with van der Waals surface area (Å²) in [5.74, 6) is -0.345. The summed E-state index contributed by atoms with van der Waals surface area (Å²) in [5, 5.41) is 0. The van der Waals surface area contributed by atoms with Gasteiger partial charge >= 0.3 is 5.97 Å². The van der Waals surface area contributed by atoms with Crippen molar-refractivity contribution in [3.05, 3.63) is 0 Å². The summed E-state index contributed by atoms with van der Waals surface area (Å²) >= 11 is 0. The van der Waals surface area contributed by atoms with Crippen molar-refractivity contribution in [2.75, 3.05) is 33.5 Å². The molecule has 0 aliphatic carbocycles. The van der Waals surface area contributed by atoms with E-state index in [9.17, 15) is 4.79 Å². The standard InChI is InChI=1S/C11H23NO4/c1-3-5-10(12)11(13)16-9-8-15-7-4-6-14-2/h10H,3-9,12H2,1-2H3. The number of rotatable bonds is 10. The first-order valence-corrected chi connectivity index (χ1v) is 5.71. The van der Waals surface area contributed by atoms with Crippen LogP contribution in [0.5, 0.6) is 0 Å². The largest absolute Gasteiger partial charge is 0.462 e. The van der Waals surface area contributed by atoms with Gasteiger partial charge in [-0.15, -0.1) is 0 Å². The molecule has 0 aliphatic rings. The molecule has 0 radical (unpaired) electrons. The van der Waals surface area contributed by atoms with Crippen molar-refractivity contribution in [1.82, 2.24) is 0 Å². The smallest absolute Gasteiger partial charge is 0.322 e. The van der Waals surface area contributed by atoms with E-state index in [0.717, 1.165) is 12.8 Å². The minimum atomic E-state index is -0.501. The van der Waals surface area contributed by atoms with Gasteiger partial charge in [0.15, 0.2) is 0 Å². The molecule has 1 atom stereocenters. The van der Waals surface area contributed by atoms with Crippen molar-refractivity contribution >= 4 is 5.97 Å². The SMILES string of the molecule is CCCC(N)C(=O)OCCOCCCOC. The van der Waals surface area contributed by atoms with Gasteiger partial charge in [-0.05, 0) is 12.8 Å². The number of esters is 1. The molecule has 0 heterocycles. The van der Waals surface area contributed by atoms with Crippen LogP contribution in [0.1, 0.15) is 26.2 Å². The summed E-state index contributed by atoms with van der Waals surface area (Å²) in [4.78, 5) is 11.2. The summed E-state index contributed by atoms with van der Waals surface area (Å²) in [6, 6.07) is -0.501. The third-order valence-corrected chi connectivity index (χ3v) is 2.01. The van der Waals surface area contributed by atoms with E-state index in [4.69, 9.17) is 19.9 Å². The summed E-state index contributed by atoms with van der Waals surface area (Å²) < 4.78 is 15.0. The van der Waals surface area contributed by atoms with Crippen molar-refractivity contribution in [2.45, 2.75) is 32.2 Å². The Balaban J connectivity index is 3.27. The molecule has 16 heavy (non-hydrogen) atoms. The first-order chi connectivity index (χ1) is 7.72. The van der Waals surface area contributed by atoms with Crippen LogP contribution in [0, 0.1) is 0 Å². The minimum absolute atomic E-state index is 0.267. The molecule has 0 amide bonds. The molecule has 5 heteroatoms. The molecular weight excluding hydrogens is 210 g/mol. The van der Waals surface area contributed by atoms with E-state index < -0.39 is 6.04 Å². The topological polar surface area (TPSA) is 70.8 Å². The zero-order valence-corrected chi connectivity index (χ0v) is 10.2. The Morgan fingerprint density at radius 3 is 2.62 bits per heavy atom. The van der Waals surface area contributed by atoms with Crippen LogP contribution in [0.15, 0.2) is 0 Å². The van der Waals surface area contributed by atoms with Crippen molar-refractivity contribution < 1.29 is 19.0 Å². The molecule has 0 saturated carbocycles. The van der Waals surface area contributed by atoms with Gasteiger partial charge in [0.05, 0.1) is 6.61 Å². The van der Waals surface area contributed by atoms with Gasteiger partial charge in [-0.1, -0.05) is 13.3 Å². The number of methoxy groups -OCH3 is 1. The molecule has 1 unspecified atom stereocenters. The lowest BCUT2D eigenvalue weighted by atomic mass is 10.2. The second kappa shape index (κ2) is 10.9. The maximum Gasteiger partial charge on any atom is 0.322 e. The lowest BCUT2D eigenvalue weighted by Crippen LogP contribution is -2.32. The Morgan fingerprint density at radius 2 is 2.00 bits per heavy atom. The summed E-state index contributed by atoms with van der Waals surface area (Å²) in [6.45, 7) is 3.96. The van der Waals surface area contributed by atoms with Crippen LogP contribution in [0.25, 0.3) is 0 Å². The van der Waals surface area contributed by atoms with Crippen LogP contribution < -0.4 is 5.73 Å². The van der Waals surface area contributed by atoms with Gasteiger partial charge in [0.2, 0.25) is 0 Å². The van der Waals surface area contributed by atoms with E-state index in [-0.39, 0.29) is 12.6 Å². The molecule has 5 nitrogen and oxygen atoms in total. The number of carbonyl (C=O) groups is 1. The van der Waals surface area contributed by atoms with Crippen LogP contribution in [0.3, 0.4) is 0 Å². The highest BCUT2D eigenvalue weighted by molar-refractivity contribution is 5.75. The maximum absolute atomic E-state index is 11.2. The van der Waals surface area contributed by atoms with Gasteiger partial charge in [-0.2, -0.15) is 0 Å². The monoisotopic (exact) mass is 233 g/mol. The fraction of sp³-hybridized carbons (Fsp3) is 0.909. The predicted molar refractivity (Wildman–Crippen MR) is 61.2 cm³/mol. The summed E-state index contributed by atoms with van der Waals surface area (Å²) in [5.41, 5.74) is 5.58. The van der Waals surface area contributed by atoms with Gasteiger partial charge in [-0.25, -0.2) is 0 Å². The van der Waals surface area contributed by atoms with Crippen LogP contribution in [-0.4, -0.2) is 45.5 Å².